The van der Waals surface area contributed by atoms with E-state index in [0.29, 0.717) is 28.8 Å². The van der Waals surface area contributed by atoms with Crippen molar-refractivity contribution in [3.8, 4) is 5.88 Å². The minimum atomic E-state index is -0.0202. The number of rotatable bonds is 2. The van der Waals surface area contributed by atoms with E-state index in [1.807, 2.05) is 4.90 Å². The highest BCUT2D eigenvalue weighted by molar-refractivity contribution is 5.92. The third kappa shape index (κ3) is 1.57. The lowest BCUT2D eigenvalue weighted by molar-refractivity contribution is 0.0751. The number of carbonyl (C=O) groups excluding carboxylic acids is 1. The number of nitrogens with zero attached hydrogens (tertiary/aromatic N) is 3. The predicted molar refractivity (Wildman–Crippen MR) is 65.2 cm³/mol. The maximum atomic E-state index is 12.2. The molecule has 5 heteroatoms. The Balaban J connectivity index is 1.69. The Morgan fingerprint density at radius 1 is 1.33 bits per heavy atom. The van der Waals surface area contributed by atoms with Gasteiger partial charge in [-0.3, -0.25) is 4.79 Å². The van der Waals surface area contributed by atoms with E-state index in [2.05, 4.69) is 24.0 Å². The van der Waals surface area contributed by atoms with Gasteiger partial charge in [-0.1, -0.05) is 13.8 Å². The molecule has 2 unspecified atom stereocenters. The molecule has 96 valence electrons. The highest BCUT2D eigenvalue weighted by atomic mass is 16.5. The van der Waals surface area contributed by atoms with Gasteiger partial charge in [-0.05, 0) is 23.3 Å². The second-order valence-corrected chi connectivity index (χ2v) is 5.71. The van der Waals surface area contributed by atoms with Gasteiger partial charge < -0.3 is 9.64 Å². The third-order valence-electron chi connectivity index (χ3n) is 4.48. The first-order valence-electron chi connectivity index (χ1n) is 6.21. The molecule has 1 amide bonds. The second kappa shape index (κ2) is 3.67. The zero-order valence-electron chi connectivity index (χ0n) is 10.9. The van der Waals surface area contributed by atoms with Crippen LogP contribution >= 0.6 is 0 Å². The first-order valence-corrected chi connectivity index (χ1v) is 6.21. The third-order valence-corrected chi connectivity index (χ3v) is 4.48. The number of aromatic nitrogens is 2. The van der Waals surface area contributed by atoms with Crippen molar-refractivity contribution in [2.24, 2.45) is 17.3 Å². The molecule has 5 nitrogen and oxygen atoms in total. The number of piperidine rings is 1. The molecule has 18 heavy (non-hydrogen) atoms. The number of ether oxygens (including phenoxy) is 1. The molecule has 0 N–H and O–H groups in total. The molecule has 1 aromatic rings. The first-order chi connectivity index (χ1) is 8.54. The van der Waals surface area contributed by atoms with Gasteiger partial charge in [0.2, 0.25) is 5.88 Å². The lowest BCUT2D eigenvalue weighted by atomic mass is 10.1. The van der Waals surface area contributed by atoms with Crippen LogP contribution < -0.4 is 4.74 Å². The van der Waals surface area contributed by atoms with Gasteiger partial charge in [0.1, 0.15) is 0 Å². The molecular formula is C13H17N3O2. The Bertz CT molecular complexity index is 470. The average molecular weight is 247 g/mol. The van der Waals surface area contributed by atoms with Crippen molar-refractivity contribution in [3.63, 3.8) is 0 Å². The van der Waals surface area contributed by atoms with Crippen LogP contribution in [0.3, 0.4) is 0 Å². The van der Waals surface area contributed by atoms with Gasteiger partial charge in [0.15, 0.2) is 5.69 Å². The molecule has 3 rings (SSSR count). The number of hydrogen-bond acceptors (Lipinski definition) is 4. The summed E-state index contributed by atoms with van der Waals surface area (Å²) in [5, 5.41) is 7.73. The van der Waals surface area contributed by atoms with Crippen LogP contribution in [0.2, 0.25) is 0 Å². The number of fused-ring (bicyclic) bond motifs is 1. The Labute approximate surface area is 106 Å². The van der Waals surface area contributed by atoms with Crippen molar-refractivity contribution >= 4 is 5.91 Å². The van der Waals surface area contributed by atoms with E-state index < -0.39 is 0 Å². The molecule has 1 aromatic heterocycles. The van der Waals surface area contributed by atoms with E-state index in [9.17, 15) is 4.79 Å². The zero-order valence-corrected chi connectivity index (χ0v) is 10.9. The molecule has 0 aromatic carbocycles. The van der Waals surface area contributed by atoms with Crippen molar-refractivity contribution < 1.29 is 9.53 Å². The molecular weight excluding hydrogens is 230 g/mol. The van der Waals surface area contributed by atoms with E-state index in [1.165, 1.54) is 7.11 Å². The van der Waals surface area contributed by atoms with Gasteiger partial charge in [0, 0.05) is 19.2 Å². The van der Waals surface area contributed by atoms with E-state index >= 15 is 0 Å². The van der Waals surface area contributed by atoms with E-state index in [-0.39, 0.29) is 5.91 Å². The van der Waals surface area contributed by atoms with Gasteiger partial charge in [0.25, 0.3) is 5.91 Å². The Hall–Kier alpha value is -1.65. The monoisotopic (exact) mass is 247 g/mol. The van der Waals surface area contributed by atoms with Crippen LogP contribution in [0.1, 0.15) is 24.3 Å². The van der Waals surface area contributed by atoms with E-state index in [0.717, 1.165) is 13.1 Å². The number of likely N-dealkylation sites (tertiary alicyclic amines) is 1. The molecule has 2 atom stereocenters. The van der Waals surface area contributed by atoms with Crippen LogP contribution in [0, 0.1) is 17.3 Å². The summed E-state index contributed by atoms with van der Waals surface area (Å²) in [6.07, 6.45) is 0. The number of hydrogen-bond donors (Lipinski definition) is 0. The fraction of sp³-hybridized carbons (Fsp3) is 0.615. The Morgan fingerprint density at radius 2 is 2.00 bits per heavy atom. The zero-order chi connectivity index (χ0) is 12.9. The molecule has 0 spiro atoms. The number of methoxy groups -OCH3 is 1. The highest BCUT2D eigenvalue weighted by Gasteiger charge is 2.62. The normalized spacial score (nSPS) is 27.8. The quantitative estimate of drug-likeness (QED) is 0.788. The summed E-state index contributed by atoms with van der Waals surface area (Å²) < 4.78 is 4.93. The first kappa shape index (κ1) is 11.4. The summed E-state index contributed by atoms with van der Waals surface area (Å²) in [5.41, 5.74) is 0.817. The highest BCUT2D eigenvalue weighted by Crippen LogP contribution is 2.61. The minimum absolute atomic E-state index is 0.0202. The van der Waals surface area contributed by atoms with Crippen LogP contribution in [-0.4, -0.2) is 41.2 Å². The van der Waals surface area contributed by atoms with E-state index in [4.69, 9.17) is 4.74 Å². The molecule has 2 fully saturated rings. The molecule has 2 heterocycles. The van der Waals surface area contributed by atoms with Crippen LogP contribution in [0.4, 0.5) is 0 Å². The van der Waals surface area contributed by atoms with Crippen molar-refractivity contribution in [1.29, 1.82) is 0 Å². The van der Waals surface area contributed by atoms with Gasteiger partial charge in [-0.2, -0.15) is 0 Å². The summed E-state index contributed by atoms with van der Waals surface area (Å²) in [7, 11) is 1.53. The second-order valence-electron chi connectivity index (χ2n) is 5.71. The summed E-state index contributed by atoms with van der Waals surface area (Å²) in [6.45, 7) is 6.25. The molecule has 2 aliphatic rings. The smallest absolute Gasteiger partial charge is 0.274 e. The Morgan fingerprint density at radius 3 is 2.50 bits per heavy atom. The molecule has 1 saturated carbocycles. The SMILES string of the molecule is COc1ccc(C(=O)N2CC3C(C2)C3(C)C)nn1. The van der Waals surface area contributed by atoms with Gasteiger partial charge >= 0.3 is 0 Å². The fourth-order valence-corrected chi connectivity index (χ4v) is 3.00. The number of carbonyl (C=O) groups is 1. The van der Waals surface area contributed by atoms with Crippen LogP contribution in [-0.2, 0) is 0 Å². The van der Waals surface area contributed by atoms with Gasteiger partial charge in [-0.15, -0.1) is 10.2 Å². The van der Waals surface area contributed by atoms with Crippen LogP contribution in [0.25, 0.3) is 0 Å². The van der Waals surface area contributed by atoms with Crippen LogP contribution in [0.15, 0.2) is 12.1 Å². The minimum Gasteiger partial charge on any atom is -0.480 e. The Kier molecular flexibility index (Phi) is 2.33. The molecule has 0 bridgehead atoms. The summed E-state index contributed by atoms with van der Waals surface area (Å²) >= 11 is 0. The largest absolute Gasteiger partial charge is 0.480 e. The van der Waals surface area contributed by atoms with Gasteiger partial charge in [0.05, 0.1) is 7.11 Å². The maximum absolute atomic E-state index is 12.2. The summed E-state index contributed by atoms with van der Waals surface area (Å²) in [5.74, 6) is 1.73. The molecule has 1 aliphatic carbocycles. The molecule has 0 radical (unpaired) electrons. The number of amides is 1. The standard InChI is InChI=1S/C13H17N3O2/c1-13(2)8-6-16(7-9(8)13)12(17)10-4-5-11(18-3)15-14-10/h4-5,8-9H,6-7H2,1-3H3. The topological polar surface area (TPSA) is 55.3 Å². The fourth-order valence-electron chi connectivity index (χ4n) is 3.00. The summed E-state index contributed by atoms with van der Waals surface area (Å²) in [4.78, 5) is 14.1. The van der Waals surface area contributed by atoms with Crippen molar-refractivity contribution in [2.75, 3.05) is 20.2 Å². The van der Waals surface area contributed by atoms with Crippen molar-refractivity contribution in [2.45, 2.75) is 13.8 Å². The lowest BCUT2D eigenvalue weighted by Gasteiger charge is -2.21. The molecule has 1 aliphatic heterocycles. The van der Waals surface area contributed by atoms with Crippen molar-refractivity contribution in [3.05, 3.63) is 17.8 Å². The van der Waals surface area contributed by atoms with Crippen molar-refractivity contribution in [1.82, 2.24) is 15.1 Å². The van der Waals surface area contributed by atoms with Crippen LogP contribution in [0.5, 0.6) is 5.88 Å². The maximum Gasteiger partial charge on any atom is 0.274 e. The predicted octanol–water partition coefficient (Wildman–Crippen LogP) is 1.21. The lowest BCUT2D eigenvalue weighted by Crippen LogP contribution is -2.33. The summed E-state index contributed by atoms with van der Waals surface area (Å²) in [6, 6.07) is 3.34. The van der Waals surface area contributed by atoms with E-state index in [1.54, 1.807) is 12.1 Å². The molecule has 1 saturated heterocycles. The average Bonchev–Trinajstić information content (AvgIpc) is 2.78. The van der Waals surface area contributed by atoms with Gasteiger partial charge in [-0.25, -0.2) is 0 Å².